The Hall–Kier alpha value is -0.940. The minimum absolute atomic E-state index is 0.0402. The van der Waals surface area contributed by atoms with Gasteiger partial charge in [0, 0.05) is 13.5 Å². The number of nitrogens with two attached hydrogens (primary N) is 1. The van der Waals surface area contributed by atoms with Gasteiger partial charge in [-0.25, -0.2) is 0 Å². The highest BCUT2D eigenvalue weighted by Crippen LogP contribution is 2.19. The molecule has 1 rings (SSSR count). The molecule has 1 heterocycles. The molecule has 0 aliphatic carbocycles. The molecule has 98 valence electrons. The summed E-state index contributed by atoms with van der Waals surface area (Å²) < 4.78 is 10.5. The monoisotopic (exact) mass is 241 g/mol. The zero-order valence-electron chi connectivity index (χ0n) is 10.8. The Morgan fingerprint density at radius 3 is 2.82 bits per heavy atom. The van der Waals surface area contributed by atoms with Crippen LogP contribution in [0.1, 0.15) is 56.8 Å². The Kier molecular flexibility index (Phi) is 6.81. The van der Waals surface area contributed by atoms with Crippen molar-refractivity contribution in [2.75, 3.05) is 13.7 Å². The third kappa shape index (κ3) is 4.83. The van der Waals surface area contributed by atoms with Crippen molar-refractivity contribution in [3.8, 4) is 0 Å². The fourth-order valence-electron chi connectivity index (χ4n) is 1.71. The number of hydrogen-bond donors (Lipinski definition) is 1. The molecule has 0 bridgehead atoms. The Labute approximate surface area is 103 Å². The fraction of sp³-hybridized carbons (Fsp3) is 0.833. The summed E-state index contributed by atoms with van der Waals surface area (Å²) in [4.78, 5) is 4.36. The van der Waals surface area contributed by atoms with Crippen molar-refractivity contribution < 1.29 is 9.26 Å². The van der Waals surface area contributed by atoms with Crippen molar-refractivity contribution in [3.63, 3.8) is 0 Å². The van der Waals surface area contributed by atoms with E-state index in [1.807, 2.05) is 0 Å². The van der Waals surface area contributed by atoms with Gasteiger partial charge in [0.15, 0.2) is 0 Å². The van der Waals surface area contributed by atoms with Gasteiger partial charge in [-0.1, -0.05) is 24.9 Å². The number of unbranched alkanes of at least 4 members (excludes halogenated alkanes) is 2. The standard InChI is InChI=1S/C12H23N3O2/c1-3-7-10(16-2)12-14-11(17-15-12)8-5-4-6-9-13/h10H,3-9,13H2,1-2H3. The molecule has 0 fully saturated rings. The predicted molar refractivity (Wildman–Crippen MR) is 65.6 cm³/mol. The van der Waals surface area contributed by atoms with Crippen molar-refractivity contribution >= 4 is 0 Å². The molecular formula is C12H23N3O2. The van der Waals surface area contributed by atoms with Gasteiger partial charge >= 0.3 is 0 Å². The van der Waals surface area contributed by atoms with E-state index in [4.69, 9.17) is 15.0 Å². The number of hydrogen-bond acceptors (Lipinski definition) is 5. The van der Waals surface area contributed by atoms with Gasteiger partial charge in [0.2, 0.25) is 11.7 Å². The summed E-state index contributed by atoms with van der Waals surface area (Å²) in [5.41, 5.74) is 5.44. The summed E-state index contributed by atoms with van der Waals surface area (Å²) in [6, 6.07) is 0. The minimum Gasteiger partial charge on any atom is -0.373 e. The molecule has 17 heavy (non-hydrogen) atoms. The Morgan fingerprint density at radius 1 is 1.35 bits per heavy atom. The third-order valence-electron chi connectivity index (χ3n) is 2.70. The summed E-state index contributed by atoms with van der Waals surface area (Å²) >= 11 is 0. The quantitative estimate of drug-likeness (QED) is 0.671. The Balaban J connectivity index is 2.40. The molecule has 1 unspecified atom stereocenters. The smallest absolute Gasteiger partial charge is 0.226 e. The maximum atomic E-state index is 5.44. The van der Waals surface area contributed by atoms with Crippen LogP contribution < -0.4 is 5.73 Å². The normalized spacial score (nSPS) is 12.9. The lowest BCUT2D eigenvalue weighted by molar-refractivity contribution is 0.0854. The van der Waals surface area contributed by atoms with E-state index in [2.05, 4.69) is 17.1 Å². The Bertz CT molecular complexity index is 302. The summed E-state index contributed by atoms with van der Waals surface area (Å²) in [5.74, 6) is 1.37. The van der Waals surface area contributed by atoms with Crippen LogP contribution in [0.5, 0.6) is 0 Å². The number of aryl methyl sites for hydroxylation is 1. The number of ether oxygens (including phenoxy) is 1. The van der Waals surface area contributed by atoms with Crippen LogP contribution in [0.25, 0.3) is 0 Å². The minimum atomic E-state index is -0.0402. The largest absolute Gasteiger partial charge is 0.373 e. The van der Waals surface area contributed by atoms with Gasteiger partial charge in [0.25, 0.3) is 0 Å². The highest BCUT2D eigenvalue weighted by Gasteiger charge is 2.16. The second-order valence-corrected chi connectivity index (χ2v) is 4.16. The van der Waals surface area contributed by atoms with Gasteiger partial charge < -0.3 is 15.0 Å². The number of methoxy groups -OCH3 is 1. The molecule has 0 spiro atoms. The molecule has 5 nitrogen and oxygen atoms in total. The van der Waals surface area contributed by atoms with E-state index >= 15 is 0 Å². The van der Waals surface area contributed by atoms with E-state index in [0.29, 0.717) is 11.7 Å². The SMILES string of the molecule is CCCC(OC)c1noc(CCCCCN)n1. The van der Waals surface area contributed by atoms with Crippen LogP contribution in [0.3, 0.4) is 0 Å². The van der Waals surface area contributed by atoms with Crippen LogP contribution in [-0.4, -0.2) is 23.8 Å². The molecule has 0 saturated heterocycles. The molecule has 1 aromatic rings. The van der Waals surface area contributed by atoms with Gasteiger partial charge in [0.1, 0.15) is 6.10 Å². The first-order valence-corrected chi connectivity index (χ1v) is 6.37. The zero-order chi connectivity index (χ0) is 12.5. The average Bonchev–Trinajstić information content (AvgIpc) is 2.80. The summed E-state index contributed by atoms with van der Waals surface area (Å²) in [7, 11) is 1.68. The van der Waals surface area contributed by atoms with E-state index < -0.39 is 0 Å². The molecule has 0 aliphatic heterocycles. The second-order valence-electron chi connectivity index (χ2n) is 4.16. The van der Waals surface area contributed by atoms with Crippen LogP contribution in [0.2, 0.25) is 0 Å². The topological polar surface area (TPSA) is 74.2 Å². The van der Waals surface area contributed by atoms with Gasteiger partial charge in [0.05, 0.1) is 0 Å². The first-order valence-electron chi connectivity index (χ1n) is 6.37. The molecule has 0 aliphatic rings. The van der Waals surface area contributed by atoms with Crippen LogP contribution >= 0.6 is 0 Å². The number of nitrogens with zero attached hydrogens (tertiary/aromatic N) is 2. The summed E-state index contributed by atoms with van der Waals surface area (Å²) in [6.45, 7) is 2.86. The van der Waals surface area contributed by atoms with Crippen molar-refractivity contribution in [3.05, 3.63) is 11.7 Å². The van der Waals surface area contributed by atoms with Gasteiger partial charge in [-0.05, 0) is 25.8 Å². The molecule has 2 N–H and O–H groups in total. The van der Waals surface area contributed by atoms with Crippen LogP contribution in [-0.2, 0) is 11.2 Å². The maximum absolute atomic E-state index is 5.44. The Morgan fingerprint density at radius 2 is 2.18 bits per heavy atom. The first-order chi connectivity index (χ1) is 8.31. The average molecular weight is 241 g/mol. The number of rotatable bonds is 9. The van der Waals surface area contributed by atoms with E-state index in [0.717, 1.165) is 45.1 Å². The van der Waals surface area contributed by atoms with Gasteiger partial charge in [-0.2, -0.15) is 4.98 Å². The lowest BCUT2D eigenvalue weighted by Gasteiger charge is -2.08. The molecule has 0 saturated carbocycles. The number of aromatic nitrogens is 2. The zero-order valence-corrected chi connectivity index (χ0v) is 10.8. The highest BCUT2D eigenvalue weighted by molar-refractivity contribution is 4.91. The van der Waals surface area contributed by atoms with Crippen LogP contribution in [0, 0.1) is 0 Å². The third-order valence-corrected chi connectivity index (χ3v) is 2.70. The second kappa shape index (κ2) is 8.20. The lowest BCUT2D eigenvalue weighted by atomic mass is 10.2. The van der Waals surface area contributed by atoms with Gasteiger partial charge in [-0.3, -0.25) is 0 Å². The van der Waals surface area contributed by atoms with Crippen molar-refractivity contribution in [2.24, 2.45) is 5.73 Å². The molecular weight excluding hydrogens is 218 g/mol. The van der Waals surface area contributed by atoms with Crippen molar-refractivity contribution in [1.82, 2.24) is 10.1 Å². The summed E-state index contributed by atoms with van der Waals surface area (Å²) in [5, 5.41) is 3.97. The van der Waals surface area contributed by atoms with Crippen molar-refractivity contribution in [2.45, 2.75) is 51.6 Å². The van der Waals surface area contributed by atoms with Crippen LogP contribution in [0.4, 0.5) is 0 Å². The van der Waals surface area contributed by atoms with E-state index in [-0.39, 0.29) is 6.10 Å². The molecule has 0 aromatic carbocycles. The van der Waals surface area contributed by atoms with E-state index in [1.165, 1.54) is 0 Å². The van der Waals surface area contributed by atoms with Crippen LogP contribution in [0.15, 0.2) is 4.52 Å². The van der Waals surface area contributed by atoms with E-state index in [1.54, 1.807) is 7.11 Å². The molecule has 5 heteroatoms. The van der Waals surface area contributed by atoms with E-state index in [9.17, 15) is 0 Å². The lowest BCUT2D eigenvalue weighted by Crippen LogP contribution is -2.03. The predicted octanol–water partition coefficient (Wildman–Crippen LogP) is 2.23. The fourth-order valence-corrected chi connectivity index (χ4v) is 1.71. The molecule has 0 amide bonds. The first kappa shape index (κ1) is 14.1. The maximum Gasteiger partial charge on any atom is 0.226 e. The molecule has 0 radical (unpaired) electrons. The van der Waals surface area contributed by atoms with Gasteiger partial charge in [-0.15, -0.1) is 0 Å². The molecule has 1 atom stereocenters. The van der Waals surface area contributed by atoms with Crippen molar-refractivity contribution in [1.29, 1.82) is 0 Å². The highest BCUT2D eigenvalue weighted by atomic mass is 16.5. The molecule has 1 aromatic heterocycles. The summed E-state index contributed by atoms with van der Waals surface area (Å²) in [6.07, 6.45) is 5.96.